The van der Waals surface area contributed by atoms with Crippen LogP contribution in [0, 0.1) is 0 Å². The lowest BCUT2D eigenvalue weighted by atomic mass is 9.86. The van der Waals surface area contributed by atoms with Gasteiger partial charge in [0.05, 0.1) is 0 Å². The van der Waals surface area contributed by atoms with Gasteiger partial charge in [-0.15, -0.1) is 0 Å². The van der Waals surface area contributed by atoms with Crippen LogP contribution in [-0.4, -0.2) is 32.1 Å². The third-order valence-electron chi connectivity index (χ3n) is 3.72. The third kappa shape index (κ3) is 4.88. The van der Waals surface area contributed by atoms with Gasteiger partial charge in [0.15, 0.2) is 6.61 Å². The highest BCUT2D eigenvalue weighted by molar-refractivity contribution is 5.77. The Morgan fingerprint density at radius 1 is 1.32 bits per heavy atom. The second-order valence-corrected chi connectivity index (χ2v) is 6.63. The third-order valence-corrected chi connectivity index (χ3v) is 3.72. The van der Waals surface area contributed by atoms with Gasteiger partial charge in [0.25, 0.3) is 5.91 Å². The second-order valence-electron chi connectivity index (χ2n) is 6.63. The molecule has 0 bridgehead atoms. The van der Waals surface area contributed by atoms with Crippen LogP contribution in [0.1, 0.15) is 32.8 Å². The first-order chi connectivity index (χ1) is 10.5. The van der Waals surface area contributed by atoms with Crippen LogP contribution in [0.3, 0.4) is 0 Å². The summed E-state index contributed by atoms with van der Waals surface area (Å²) in [4.78, 5) is 11.9. The lowest BCUT2D eigenvalue weighted by molar-refractivity contribution is -0.122. The van der Waals surface area contributed by atoms with E-state index in [1.54, 1.807) is 0 Å². The van der Waals surface area contributed by atoms with Crippen LogP contribution in [0.2, 0.25) is 0 Å². The van der Waals surface area contributed by atoms with E-state index in [0.717, 1.165) is 30.8 Å². The number of para-hydroxylation sites is 1. The van der Waals surface area contributed by atoms with E-state index in [0.29, 0.717) is 6.54 Å². The topological polar surface area (TPSA) is 50.4 Å². The Hall–Kier alpha value is -1.81. The number of hydrogen-bond acceptors (Lipinski definition) is 3. The van der Waals surface area contributed by atoms with Gasteiger partial charge in [-0.3, -0.25) is 4.79 Å². The van der Waals surface area contributed by atoms with E-state index in [2.05, 4.69) is 37.5 Å². The minimum absolute atomic E-state index is 0.00697. The molecule has 120 valence electrons. The highest BCUT2D eigenvalue weighted by atomic mass is 16.5. The Bertz CT molecular complexity index is 544. The summed E-state index contributed by atoms with van der Waals surface area (Å²) in [5.74, 6) is 0.703. The van der Waals surface area contributed by atoms with E-state index >= 15 is 0 Å². The molecular formula is C18H26N2O2. The number of carbonyl (C=O) groups is 1. The fourth-order valence-corrected chi connectivity index (χ4v) is 2.45. The largest absolute Gasteiger partial charge is 0.483 e. The fraction of sp³-hybridized carbons (Fsp3) is 0.500. The molecule has 0 fully saturated rings. The minimum Gasteiger partial charge on any atom is -0.483 e. The summed E-state index contributed by atoms with van der Waals surface area (Å²) in [5, 5.41) is 6.18. The predicted octanol–water partition coefficient (Wildman–Crippen LogP) is 2.40. The number of rotatable bonds is 5. The minimum atomic E-state index is -0.0804. The SMILES string of the molecule is CC(C)(C)c1ccccc1OCC(=O)NCC1=CCNCC1. The van der Waals surface area contributed by atoms with Crippen molar-refractivity contribution >= 4 is 5.91 Å². The number of nitrogens with one attached hydrogen (secondary N) is 2. The zero-order valence-corrected chi connectivity index (χ0v) is 13.7. The normalized spacial score (nSPS) is 15.1. The molecular weight excluding hydrogens is 276 g/mol. The van der Waals surface area contributed by atoms with Crippen molar-refractivity contribution in [2.45, 2.75) is 32.6 Å². The molecule has 0 radical (unpaired) electrons. The summed E-state index contributed by atoms with van der Waals surface area (Å²) in [6, 6.07) is 7.90. The summed E-state index contributed by atoms with van der Waals surface area (Å²) < 4.78 is 5.72. The van der Waals surface area contributed by atoms with E-state index < -0.39 is 0 Å². The molecule has 0 saturated carbocycles. The molecule has 0 saturated heterocycles. The van der Waals surface area contributed by atoms with E-state index in [9.17, 15) is 4.79 Å². The molecule has 0 aromatic heterocycles. The molecule has 1 aromatic rings. The first-order valence-electron chi connectivity index (χ1n) is 7.84. The molecule has 22 heavy (non-hydrogen) atoms. The molecule has 1 aliphatic rings. The van der Waals surface area contributed by atoms with E-state index in [-0.39, 0.29) is 17.9 Å². The van der Waals surface area contributed by atoms with Crippen molar-refractivity contribution in [1.29, 1.82) is 0 Å². The number of hydrogen-bond donors (Lipinski definition) is 2. The van der Waals surface area contributed by atoms with Gasteiger partial charge in [0.1, 0.15) is 5.75 Å². The van der Waals surface area contributed by atoms with Gasteiger partial charge in [0.2, 0.25) is 0 Å². The van der Waals surface area contributed by atoms with Crippen molar-refractivity contribution in [3.05, 3.63) is 41.5 Å². The molecule has 0 aliphatic carbocycles. The van der Waals surface area contributed by atoms with Crippen LogP contribution < -0.4 is 15.4 Å². The van der Waals surface area contributed by atoms with Crippen molar-refractivity contribution in [3.8, 4) is 5.75 Å². The number of carbonyl (C=O) groups excluding carboxylic acids is 1. The van der Waals surface area contributed by atoms with Gasteiger partial charge >= 0.3 is 0 Å². The highest BCUT2D eigenvalue weighted by Crippen LogP contribution is 2.30. The summed E-state index contributed by atoms with van der Waals surface area (Å²) in [7, 11) is 0. The highest BCUT2D eigenvalue weighted by Gasteiger charge is 2.18. The quantitative estimate of drug-likeness (QED) is 0.821. The Labute approximate surface area is 132 Å². The number of benzene rings is 1. The van der Waals surface area contributed by atoms with Crippen LogP contribution in [0.25, 0.3) is 0 Å². The first-order valence-corrected chi connectivity index (χ1v) is 7.84. The molecule has 0 spiro atoms. The average Bonchev–Trinajstić information content (AvgIpc) is 2.51. The summed E-state index contributed by atoms with van der Waals surface area (Å²) >= 11 is 0. The van der Waals surface area contributed by atoms with Crippen LogP contribution in [0.15, 0.2) is 35.9 Å². The van der Waals surface area contributed by atoms with E-state index in [4.69, 9.17) is 4.74 Å². The molecule has 1 aliphatic heterocycles. The van der Waals surface area contributed by atoms with Crippen molar-refractivity contribution in [3.63, 3.8) is 0 Å². The Morgan fingerprint density at radius 2 is 2.09 bits per heavy atom. The smallest absolute Gasteiger partial charge is 0.258 e. The van der Waals surface area contributed by atoms with Gasteiger partial charge in [0, 0.05) is 13.1 Å². The molecule has 4 heteroatoms. The summed E-state index contributed by atoms with van der Waals surface area (Å²) in [6.07, 6.45) is 3.13. The summed E-state index contributed by atoms with van der Waals surface area (Å²) in [5.41, 5.74) is 2.39. The molecule has 1 aromatic carbocycles. The predicted molar refractivity (Wildman–Crippen MR) is 89.2 cm³/mol. The number of amides is 1. The lowest BCUT2D eigenvalue weighted by Crippen LogP contribution is -2.33. The summed E-state index contributed by atoms with van der Waals surface area (Å²) in [6.45, 7) is 8.96. The molecule has 0 atom stereocenters. The van der Waals surface area contributed by atoms with Crippen LogP contribution in [-0.2, 0) is 10.2 Å². The van der Waals surface area contributed by atoms with Crippen molar-refractivity contribution in [2.24, 2.45) is 0 Å². The van der Waals surface area contributed by atoms with Crippen LogP contribution >= 0.6 is 0 Å². The molecule has 2 rings (SSSR count). The maximum atomic E-state index is 11.9. The van der Waals surface area contributed by atoms with Gasteiger partial charge in [-0.05, 0) is 30.0 Å². The van der Waals surface area contributed by atoms with Crippen molar-refractivity contribution in [1.82, 2.24) is 10.6 Å². The molecule has 0 unspecified atom stereocenters. The fourth-order valence-electron chi connectivity index (χ4n) is 2.45. The standard InChI is InChI=1S/C18H26N2O2/c1-18(2,3)15-6-4-5-7-16(15)22-13-17(21)20-12-14-8-10-19-11-9-14/h4-8,19H,9-13H2,1-3H3,(H,20,21). The van der Waals surface area contributed by atoms with Gasteiger partial charge in [-0.2, -0.15) is 0 Å². The van der Waals surface area contributed by atoms with Gasteiger partial charge < -0.3 is 15.4 Å². The zero-order chi connectivity index (χ0) is 16.0. The molecule has 2 N–H and O–H groups in total. The average molecular weight is 302 g/mol. The second kappa shape index (κ2) is 7.45. The van der Waals surface area contributed by atoms with Crippen LogP contribution in [0.4, 0.5) is 0 Å². The first kappa shape index (κ1) is 16.6. The molecule has 4 nitrogen and oxygen atoms in total. The Morgan fingerprint density at radius 3 is 2.77 bits per heavy atom. The Kier molecular flexibility index (Phi) is 5.61. The van der Waals surface area contributed by atoms with Crippen molar-refractivity contribution < 1.29 is 9.53 Å². The Balaban J connectivity index is 1.85. The maximum Gasteiger partial charge on any atom is 0.258 e. The molecule has 1 amide bonds. The maximum absolute atomic E-state index is 11.9. The van der Waals surface area contributed by atoms with Crippen molar-refractivity contribution in [2.75, 3.05) is 26.2 Å². The monoisotopic (exact) mass is 302 g/mol. The van der Waals surface area contributed by atoms with Crippen LogP contribution in [0.5, 0.6) is 5.75 Å². The molecule has 1 heterocycles. The zero-order valence-electron chi connectivity index (χ0n) is 13.7. The van der Waals surface area contributed by atoms with Gasteiger partial charge in [-0.1, -0.05) is 50.6 Å². The van der Waals surface area contributed by atoms with E-state index in [1.165, 1.54) is 5.57 Å². The van der Waals surface area contributed by atoms with E-state index in [1.807, 2.05) is 24.3 Å². The number of ether oxygens (including phenoxy) is 1. The lowest BCUT2D eigenvalue weighted by Gasteiger charge is -2.22. The van der Waals surface area contributed by atoms with Gasteiger partial charge in [-0.25, -0.2) is 0 Å².